The molecule has 1 aliphatic rings. The quantitative estimate of drug-likeness (QED) is 0.460. The van der Waals surface area contributed by atoms with Crippen LogP contribution in [0.25, 0.3) is 0 Å². The van der Waals surface area contributed by atoms with Crippen molar-refractivity contribution in [3.63, 3.8) is 0 Å². The number of aromatic amines is 1. The Morgan fingerprint density at radius 1 is 1.26 bits per heavy atom. The Labute approximate surface area is 205 Å². The largest absolute Gasteiger partial charge is 0.493 e. The lowest BCUT2D eigenvalue weighted by Gasteiger charge is -2.24. The van der Waals surface area contributed by atoms with Crippen LogP contribution in [0.3, 0.4) is 0 Å². The Morgan fingerprint density at radius 3 is 2.68 bits per heavy atom. The summed E-state index contributed by atoms with van der Waals surface area (Å²) >= 11 is 11.9. The van der Waals surface area contributed by atoms with Gasteiger partial charge in [-0.25, -0.2) is 0 Å². The first-order valence-electron chi connectivity index (χ1n) is 9.99. The molecule has 2 aromatic carbocycles. The average Bonchev–Trinajstić information content (AvgIpc) is 3.15. The smallest absolute Gasteiger partial charge is 0.262 e. The first-order valence-corrected chi connectivity index (χ1v) is 10.8. The molecule has 1 unspecified atom stereocenters. The molecule has 0 saturated heterocycles. The van der Waals surface area contributed by atoms with E-state index in [-0.39, 0.29) is 18.1 Å². The minimum Gasteiger partial charge on any atom is -0.493 e. The molecule has 0 bridgehead atoms. The predicted molar refractivity (Wildman–Crippen MR) is 126 cm³/mol. The number of nitrogens with zero attached hydrogens (tertiary/aromatic N) is 2. The number of nitriles is 1. The van der Waals surface area contributed by atoms with Crippen molar-refractivity contribution < 1.29 is 19.0 Å². The SMILES string of the molecule is COc1cc(C2C(C#N)=C(N)Oc3n[nH]c(C)c32)ccc1OCC(=O)Nc1cc(Cl)cc(Cl)c1. The van der Waals surface area contributed by atoms with E-state index < -0.39 is 11.8 Å². The van der Waals surface area contributed by atoms with E-state index in [1.807, 2.05) is 6.92 Å². The highest BCUT2D eigenvalue weighted by atomic mass is 35.5. The van der Waals surface area contributed by atoms with Crippen molar-refractivity contribution in [3.05, 3.63) is 74.7 Å². The van der Waals surface area contributed by atoms with Gasteiger partial charge in [-0.05, 0) is 42.8 Å². The molecule has 2 heterocycles. The van der Waals surface area contributed by atoms with E-state index in [1.165, 1.54) is 7.11 Å². The summed E-state index contributed by atoms with van der Waals surface area (Å²) in [5.74, 6) is 0.111. The minimum absolute atomic E-state index is 0.0106. The summed E-state index contributed by atoms with van der Waals surface area (Å²) in [7, 11) is 1.48. The number of anilines is 1. The van der Waals surface area contributed by atoms with Crippen LogP contribution in [-0.2, 0) is 4.79 Å². The van der Waals surface area contributed by atoms with Crippen molar-refractivity contribution in [2.24, 2.45) is 5.73 Å². The van der Waals surface area contributed by atoms with E-state index >= 15 is 0 Å². The number of carbonyl (C=O) groups is 1. The van der Waals surface area contributed by atoms with Crippen molar-refractivity contribution in [1.29, 1.82) is 5.26 Å². The summed E-state index contributed by atoms with van der Waals surface area (Å²) in [4.78, 5) is 12.3. The molecule has 4 rings (SSSR count). The number of aryl methyl sites for hydroxylation is 1. The number of nitrogens with two attached hydrogens (primary N) is 1. The van der Waals surface area contributed by atoms with Gasteiger partial charge in [0.2, 0.25) is 11.8 Å². The molecule has 1 aromatic heterocycles. The molecule has 174 valence electrons. The third kappa shape index (κ3) is 4.59. The lowest BCUT2D eigenvalue weighted by atomic mass is 9.84. The molecule has 9 nitrogen and oxygen atoms in total. The zero-order valence-corrected chi connectivity index (χ0v) is 19.6. The topological polar surface area (TPSA) is 135 Å². The number of hydrogen-bond acceptors (Lipinski definition) is 7. The number of halogens is 2. The second-order valence-corrected chi connectivity index (χ2v) is 8.27. The zero-order valence-electron chi connectivity index (χ0n) is 18.1. The van der Waals surface area contributed by atoms with Gasteiger partial charge in [0.05, 0.1) is 13.0 Å². The van der Waals surface area contributed by atoms with Crippen molar-refractivity contribution in [2.45, 2.75) is 12.8 Å². The van der Waals surface area contributed by atoms with Crippen molar-refractivity contribution in [2.75, 3.05) is 19.0 Å². The number of allylic oxidation sites excluding steroid dienone is 1. The number of carbonyl (C=O) groups excluding carboxylic acids is 1. The van der Waals surface area contributed by atoms with Crippen LogP contribution in [-0.4, -0.2) is 29.8 Å². The van der Waals surface area contributed by atoms with Gasteiger partial charge in [-0.1, -0.05) is 29.3 Å². The van der Waals surface area contributed by atoms with Crippen molar-refractivity contribution >= 4 is 34.8 Å². The third-order valence-electron chi connectivity index (χ3n) is 5.16. The molecule has 34 heavy (non-hydrogen) atoms. The van der Waals surface area contributed by atoms with Gasteiger partial charge in [-0.3, -0.25) is 9.89 Å². The fourth-order valence-electron chi connectivity index (χ4n) is 3.68. The fraction of sp³-hybridized carbons (Fsp3) is 0.174. The van der Waals surface area contributed by atoms with Crippen LogP contribution in [0.4, 0.5) is 5.69 Å². The molecule has 11 heteroatoms. The maximum Gasteiger partial charge on any atom is 0.262 e. The Hall–Kier alpha value is -3.87. The van der Waals surface area contributed by atoms with E-state index in [2.05, 4.69) is 21.6 Å². The van der Waals surface area contributed by atoms with Crippen LogP contribution in [0.2, 0.25) is 10.0 Å². The van der Waals surface area contributed by atoms with Gasteiger partial charge in [-0.2, -0.15) is 5.26 Å². The van der Waals surface area contributed by atoms with Gasteiger partial charge >= 0.3 is 0 Å². The fourth-order valence-corrected chi connectivity index (χ4v) is 4.21. The van der Waals surface area contributed by atoms with Gasteiger partial charge in [0.25, 0.3) is 5.91 Å². The van der Waals surface area contributed by atoms with Crippen molar-refractivity contribution in [1.82, 2.24) is 10.2 Å². The van der Waals surface area contributed by atoms with E-state index in [4.69, 9.17) is 43.1 Å². The van der Waals surface area contributed by atoms with Gasteiger partial charge in [0.15, 0.2) is 18.1 Å². The van der Waals surface area contributed by atoms with Crippen LogP contribution >= 0.6 is 23.2 Å². The van der Waals surface area contributed by atoms with Gasteiger partial charge < -0.3 is 25.3 Å². The molecular formula is C23H19Cl2N5O4. The van der Waals surface area contributed by atoms with Gasteiger partial charge in [0, 0.05) is 27.0 Å². The van der Waals surface area contributed by atoms with E-state index in [0.29, 0.717) is 38.7 Å². The summed E-state index contributed by atoms with van der Waals surface area (Å²) in [6.07, 6.45) is 0. The molecule has 0 radical (unpaired) electrons. The second-order valence-electron chi connectivity index (χ2n) is 7.40. The Kier molecular flexibility index (Phi) is 6.54. The minimum atomic E-state index is -0.508. The van der Waals surface area contributed by atoms with Crippen LogP contribution in [0, 0.1) is 18.3 Å². The summed E-state index contributed by atoms with van der Waals surface area (Å²) in [5.41, 5.74) is 8.85. The number of fused-ring (bicyclic) bond motifs is 1. The van der Waals surface area contributed by atoms with Gasteiger partial charge in [-0.15, -0.1) is 5.10 Å². The van der Waals surface area contributed by atoms with Crippen LogP contribution in [0.5, 0.6) is 17.4 Å². The number of ether oxygens (including phenoxy) is 3. The highest BCUT2D eigenvalue weighted by Gasteiger charge is 2.34. The predicted octanol–water partition coefficient (Wildman–Crippen LogP) is 4.27. The average molecular weight is 500 g/mol. The number of aromatic nitrogens is 2. The van der Waals surface area contributed by atoms with Crippen LogP contribution < -0.4 is 25.3 Å². The zero-order chi connectivity index (χ0) is 24.4. The summed E-state index contributed by atoms with van der Waals surface area (Å²) < 4.78 is 16.6. The summed E-state index contributed by atoms with van der Waals surface area (Å²) in [6.45, 7) is 1.55. The first kappa shape index (κ1) is 23.3. The number of benzene rings is 2. The highest BCUT2D eigenvalue weighted by Crippen LogP contribution is 2.44. The standard InChI is InChI=1S/C23H19Cl2N5O4/c1-11-20-21(16(9-26)22(27)34-23(20)30-29-11)12-3-4-17(18(5-12)32-2)33-10-19(31)28-15-7-13(24)6-14(25)8-15/h3-8,21H,10,27H2,1-2H3,(H,28,31)(H,29,30). The highest BCUT2D eigenvalue weighted by molar-refractivity contribution is 6.35. The molecule has 1 amide bonds. The molecule has 0 saturated carbocycles. The number of H-pyrrole nitrogens is 1. The van der Waals surface area contributed by atoms with E-state index in [1.54, 1.807) is 36.4 Å². The van der Waals surface area contributed by atoms with Crippen molar-refractivity contribution in [3.8, 4) is 23.4 Å². The van der Waals surface area contributed by atoms with Crippen LogP contribution in [0.15, 0.2) is 47.9 Å². The molecule has 3 aromatic rings. The monoisotopic (exact) mass is 499 g/mol. The number of nitrogens with one attached hydrogen (secondary N) is 2. The molecule has 0 aliphatic carbocycles. The summed E-state index contributed by atoms with van der Waals surface area (Å²) in [6, 6.07) is 12.0. The van der Waals surface area contributed by atoms with E-state index in [0.717, 1.165) is 11.3 Å². The molecule has 4 N–H and O–H groups in total. The number of rotatable bonds is 6. The molecule has 0 spiro atoms. The molecule has 0 fully saturated rings. The normalized spacial score (nSPS) is 14.6. The second kappa shape index (κ2) is 9.55. The first-order chi connectivity index (χ1) is 16.3. The lowest BCUT2D eigenvalue weighted by molar-refractivity contribution is -0.118. The molecule has 1 atom stereocenters. The third-order valence-corrected chi connectivity index (χ3v) is 5.59. The van der Waals surface area contributed by atoms with Gasteiger partial charge in [0.1, 0.15) is 11.6 Å². The lowest BCUT2D eigenvalue weighted by Crippen LogP contribution is -2.21. The number of methoxy groups -OCH3 is 1. The number of hydrogen-bond donors (Lipinski definition) is 3. The maximum atomic E-state index is 12.3. The Morgan fingerprint density at radius 2 is 2.00 bits per heavy atom. The maximum absolute atomic E-state index is 12.3. The Balaban J connectivity index is 1.56. The van der Waals surface area contributed by atoms with Crippen LogP contribution in [0.1, 0.15) is 22.7 Å². The molecule has 1 aliphatic heterocycles. The number of amides is 1. The Bertz CT molecular complexity index is 1330. The summed E-state index contributed by atoms with van der Waals surface area (Å²) in [5, 5.41) is 20.2. The molecular weight excluding hydrogens is 481 g/mol. The van der Waals surface area contributed by atoms with E-state index in [9.17, 15) is 10.1 Å².